The number of ether oxygens (including phenoxy) is 1. The molecular formula is C15H20N4O3S. The third-order valence-corrected chi connectivity index (χ3v) is 5.53. The Bertz CT molecular complexity index is 770. The van der Waals surface area contributed by atoms with Crippen molar-refractivity contribution < 1.29 is 13.2 Å². The molecule has 8 heteroatoms. The van der Waals surface area contributed by atoms with Gasteiger partial charge in [-0.3, -0.25) is 9.71 Å². The van der Waals surface area contributed by atoms with Crippen molar-refractivity contribution in [3.8, 4) is 0 Å². The second-order valence-corrected chi connectivity index (χ2v) is 7.56. The Morgan fingerprint density at radius 1 is 1.30 bits per heavy atom. The minimum atomic E-state index is -3.58. The van der Waals surface area contributed by atoms with Crippen molar-refractivity contribution in [3.05, 3.63) is 24.7 Å². The summed E-state index contributed by atoms with van der Waals surface area (Å²) in [7, 11) is -2.01. The molecule has 1 aliphatic carbocycles. The van der Waals surface area contributed by atoms with E-state index < -0.39 is 10.0 Å². The molecule has 0 aromatic carbocycles. The molecule has 2 aromatic heterocycles. The maximum atomic E-state index is 12.5. The molecule has 0 bridgehead atoms. The number of nitrogens with one attached hydrogen (secondary N) is 1. The molecule has 1 aliphatic rings. The predicted octanol–water partition coefficient (Wildman–Crippen LogP) is 1.97. The van der Waals surface area contributed by atoms with Crippen LogP contribution in [0.25, 0.3) is 11.0 Å². The van der Waals surface area contributed by atoms with E-state index in [0.717, 1.165) is 25.7 Å². The van der Waals surface area contributed by atoms with E-state index in [2.05, 4.69) is 19.7 Å². The highest BCUT2D eigenvalue weighted by atomic mass is 32.2. The molecule has 124 valence electrons. The number of sulfonamides is 1. The normalized spacial score (nSPS) is 17.4. The van der Waals surface area contributed by atoms with Gasteiger partial charge in [-0.25, -0.2) is 18.4 Å². The maximum absolute atomic E-state index is 12.5. The van der Waals surface area contributed by atoms with Crippen LogP contribution in [-0.4, -0.2) is 42.3 Å². The van der Waals surface area contributed by atoms with Crippen molar-refractivity contribution in [3.63, 3.8) is 0 Å². The molecule has 0 aliphatic heterocycles. The van der Waals surface area contributed by atoms with Crippen LogP contribution in [0.2, 0.25) is 0 Å². The van der Waals surface area contributed by atoms with Gasteiger partial charge in [0.2, 0.25) is 10.0 Å². The van der Waals surface area contributed by atoms with Crippen molar-refractivity contribution in [2.45, 2.75) is 31.8 Å². The lowest BCUT2D eigenvalue weighted by Gasteiger charge is -2.22. The highest BCUT2D eigenvalue weighted by molar-refractivity contribution is 7.92. The molecule has 23 heavy (non-hydrogen) atoms. The highest BCUT2D eigenvalue weighted by Gasteiger charge is 2.29. The number of aromatic nitrogens is 3. The Kier molecular flexibility index (Phi) is 4.72. The molecule has 3 rings (SSSR count). The lowest BCUT2D eigenvalue weighted by Crippen LogP contribution is -2.32. The molecular weight excluding hydrogens is 316 g/mol. The van der Waals surface area contributed by atoms with Crippen LogP contribution in [0.15, 0.2) is 24.7 Å². The topological polar surface area (TPSA) is 94.1 Å². The Morgan fingerprint density at radius 3 is 2.83 bits per heavy atom. The van der Waals surface area contributed by atoms with Gasteiger partial charge >= 0.3 is 0 Å². The van der Waals surface area contributed by atoms with Gasteiger partial charge in [-0.05, 0) is 30.9 Å². The van der Waals surface area contributed by atoms with Gasteiger partial charge in [0.1, 0.15) is 11.8 Å². The zero-order valence-corrected chi connectivity index (χ0v) is 13.8. The third kappa shape index (κ3) is 3.76. The van der Waals surface area contributed by atoms with E-state index >= 15 is 0 Å². The molecule has 1 saturated carbocycles. The van der Waals surface area contributed by atoms with Gasteiger partial charge in [0.25, 0.3) is 0 Å². The Hall–Kier alpha value is -1.80. The second-order valence-electron chi connectivity index (χ2n) is 5.80. The first-order valence-electron chi connectivity index (χ1n) is 7.68. The van der Waals surface area contributed by atoms with E-state index in [1.807, 2.05) is 0 Å². The van der Waals surface area contributed by atoms with Gasteiger partial charge in [0.05, 0.1) is 17.4 Å². The van der Waals surface area contributed by atoms with Crippen molar-refractivity contribution >= 4 is 26.9 Å². The van der Waals surface area contributed by atoms with E-state index in [1.165, 1.54) is 6.33 Å². The molecule has 1 N–H and O–H groups in total. The van der Waals surface area contributed by atoms with E-state index in [1.54, 1.807) is 25.4 Å². The summed E-state index contributed by atoms with van der Waals surface area (Å²) in [5.74, 6) is 0.431. The van der Waals surface area contributed by atoms with Gasteiger partial charge < -0.3 is 4.74 Å². The number of hydrogen-bond acceptors (Lipinski definition) is 6. The average Bonchev–Trinajstić information content (AvgIpc) is 3.07. The van der Waals surface area contributed by atoms with Gasteiger partial charge in [0, 0.05) is 13.3 Å². The number of hydrogen-bond donors (Lipinski definition) is 1. The van der Waals surface area contributed by atoms with Crippen LogP contribution in [0.1, 0.15) is 25.7 Å². The van der Waals surface area contributed by atoms with E-state index in [9.17, 15) is 8.42 Å². The molecule has 0 amide bonds. The van der Waals surface area contributed by atoms with E-state index in [4.69, 9.17) is 4.74 Å². The molecule has 1 fully saturated rings. The van der Waals surface area contributed by atoms with Crippen LogP contribution in [0.3, 0.4) is 0 Å². The standard InChI is InChI=1S/C15H20N4O3S/c1-22-13(11-5-2-3-6-11)9-23(20,21)19-15-14-12(17-10-18-15)7-4-8-16-14/h4,7-8,10-11,13H,2-3,5-6,9H2,1H3,(H,17,18,19). The summed E-state index contributed by atoms with van der Waals surface area (Å²) in [6.45, 7) is 0. The Balaban J connectivity index is 1.79. The maximum Gasteiger partial charge on any atom is 0.236 e. The van der Waals surface area contributed by atoms with Crippen molar-refractivity contribution in [1.82, 2.24) is 15.0 Å². The SMILES string of the molecule is COC(CS(=O)(=O)Nc1ncnc2cccnc12)C1CCCC1. The summed E-state index contributed by atoms with van der Waals surface area (Å²) in [6.07, 6.45) is 6.93. The summed E-state index contributed by atoms with van der Waals surface area (Å²) in [6, 6.07) is 3.51. The lowest BCUT2D eigenvalue weighted by atomic mass is 10.0. The molecule has 2 aromatic rings. The molecule has 0 spiro atoms. The third-order valence-electron chi connectivity index (χ3n) is 4.26. The number of nitrogens with zero attached hydrogens (tertiary/aromatic N) is 3. The molecule has 0 saturated heterocycles. The summed E-state index contributed by atoms with van der Waals surface area (Å²) < 4.78 is 32.9. The van der Waals surface area contributed by atoms with Gasteiger partial charge in [-0.15, -0.1) is 0 Å². The number of rotatable bonds is 6. The summed E-state index contributed by atoms with van der Waals surface area (Å²) >= 11 is 0. The fourth-order valence-electron chi connectivity index (χ4n) is 3.10. The fraction of sp³-hybridized carbons (Fsp3) is 0.533. The minimum absolute atomic E-state index is 0.0769. The number of methoxy groups -OCH3 is 1. The zero-order valence-electron chi connectivity index (χ0n) is 13.0. The number of fused-ring (bicyclic) bond motifs is 1. The zero-order chi connectivity index (χ0) is 16.3. The van der Waals surface area contributed by atoms with Gasteiger partial charge in [-0.2, -0.15) is 0 Å². The number of anilines is 1. The first-order valence-corrected chi connectivity index (χ1v) is 9.33. The van der Waals surface area contributed by atoms with Crippen molar-refractivity contribution in [2.24, 2.45) is 5.92 Å². The van der Waals surface area contributed by atoms with Gasteiger partial charge in [0.15, 0.2) is 5.82 Å². The summed E-state index contributed by atoms with van der Waals surface area (Å²) in [4.78, 5) is 12.3. The summed E-state index contributed by atoms with van der Waals surface area (Å²) in [5.41, 5.74) is 1.03. The number of pyridine rings is 1. The highest BCUT2D eigenvalue weighted by Crippen LogP contribution is 2.30. The van der Waals surface area contributed by atoms with Gasteiger partial charge in [-0.1, -0.05) is 12.8 Å². The van der Waals surface area contributed by atoms with Crippen molar-refractivity contribution in [1.29, 1.82) is 0 Å². The average molecular weight is 336 g/mol. The smallest absolute Gasteiger partial charge is 0.236 e. The van der Waals surface area contributed by atoms with E-state index in [0.29, 0.717) is 17.0 Å². The molecule has 1 atom stereocenters. The first-order chi connectivity index (χ1) is 11.1. The Labute approximate surface area is 135 Å². The first kappa shape index (κ1) is 16.1. The lowest BCUT2D eigenvalue weighted by molar-refractivity contribution is 0.0718. The summed E-state index contributed by atoms with van der Waals surface area (Å²) in [5, 5.41) is 0. The van der Waals surface area contributed by atoms with Crippen LogP contribution in [0.5, 0.6) is 0 Å². The van der Waals surface area contributed by atoms with Crippen LogP contribution >= 0.6 is 0 Å². The van der Waals surface area contributed by atoms with Crippen LogP contribution in [0.4, 0.5) is 5.82 Å². The molecule has 2 heterocycles. The predicted molar refractivity (Wildman–Crippen MR) is 87.5 cm³/mol. The quantitative estimate of drug-likeness (QED) is 0.867. The van der Waals surface area contributed by atoms with Crippen molar-refractivity contribution in [2.75, 3.05) is 17.6 Å². The van der Waals surface area contributed by atoms with Crippen LogP contribution in [0, 0.1) is 5.92 Å². The minimum Gasteiger partial charge on any atom is -0.380 e. The fourth-order valence-corrected chi connectivity index (χ4v) is 4.47. The molecule has 1 unspecified atom stereocenters. The molecule has 0 radical (unpaired) electrons. The Morgan fingerprint density at radius 2 is 2.09 bits per heavy atom. The molecule has 7 nitrogen and oxygen atoms in total. The van der Waals surface area contributed by atoms with Crippen LogP contribution in [-0.2, 0) is 14.8 Å². The largest absolute Gasteiger partial charge is 0.380 e. The van der Waals surface area contributed by atoms with E-state index in [-0.39, 0.29) is 17.7 Å². The second kappa shape index (κ2) is 6.76. The monoisotopic (exact) mass is 336 g/mol. The van der Waals surface area contributed by atoms with Crippen LogP contribution < -0.4 is 4.72 Å².